The molecule has 0 radical (unpaired) electrons. The molecule has 1 aliphatic heterocycles. The van der Waals surface area contributed by atoms with Gasteiger partial charge in [0.25, 0.3) is 5.91 Å². The van der Waals surface area contributed by atoms with Crippen molar-refractivity contribution in [2.24, 2.45) is 5.92 Å². The van der Waals surface area contributed by atoms with E-state index in [0.29, 0.717) is 35.2 Å². The van der Waals surface area contributed by atoms with Crippen LogP contribution in [0.3, 0.4) is 0 Å². The summed E-state index contributed by atoms with van der Waals surface area (Å²) in [5.74, 6) is 0.209. The zero-order valence-corrected chi connectivity index (χ0v) is 19.3. The molecule has 1 fully saturated rings. The normalized spacial score (nSPS) is 14.9. The smallest absolute Gasteiger partial charge is 0.311 e. The van der Waals surface area contributed by atoms with Gasteiger partial charge in [-0.3, -0.25) is 14.4 Å². The highest BCUT2D eigenvalue weighted by Crippen LogP contribution is 2.28. The van der Waals surface area contributed by atoms with Crippen LogP contribution in [0.25, 0.3) is 0 Å². The zero-order chi connectivity index (χ0) is 24.6. The van der Waals surface area contributed by atoms with Gasteiger partial charge in [-0.25, -0.2) is 0 Å². The summed E-state index contributed by atoms with van der Waals surface area (Å²) in [5, 5.41) is 2.68. The predicted molar refractivity (Wildman–Crippen MR) is 131 cm³/mol. The van der Waals surface area contributed by atoms with E-state index >= 15 is 0 Å². The molecule has 3 aromatic carbocycles. The maximum Gasteiger partial charge on any atom is 0.311 e. The van der Waals surface area contributed by atoms with Crippen molar-refractivity contribution < 1.29 is 28.6 Å². The minimum absolute atomic E-state index is 0.0382. The van der Waals surface area contributed by atoms with Crippen LogP contribution >= 0.6 is 0 Å². The van der Waals surface area contributed by atoms with Gasteiger partial charge in [0.1, 0.15) is 17.2 Å². The van der Waals surface area contributed by atoms with Crippen LogP contribution in [0.15, 0.2) is 78.9 Å². The first-order chi connectivity index (χ1) is 17.0. The molecule has 1 atom stereocenters. The van der Waals surface area contributed by atoms with Crippen molar-refractivity contribution >= 4 is 29.2 Å². The molecule has 8 heteroatoms. The van der Waals surface area contributed by atoms with Gasteiger partial charge in [-0.05, 0) is 67.6 Å². The van der Waals surface area contributed by atoms with Gasteiger partial charge in [0.15, 0.2) is 6.61 Å². The lowest BCUT2D eigenvalue weighted by Gasteiger charge is -2.17. The Kier molecular flexibility index (Phi) is 7.62. The number of carbonyl (C=O) groups is 3. The van der Waals surface area contributed by atoms with Gasteiger partial charge >= 0.3 is 5.97 Å². The van der Waals surface area contributed by atoms with Gasteiger partial charge < -0.3 is 24.4 Å². The van der Waals surface area contributed by atoms with E-state index < -0.39 is 24.4 Å². The second-order valence-corrected chi connectivity index (χ2v) is 7.93. The molecule has 0 aromatic heterocycles. The molecule has 35 heavy (non-hydrogen) atoms. The fourth-order valence-electron chi connectivity index (χ4n) is 3.69. The highest BCUT2D eigenvalue weighted by Gasteiger charge is 2.36. The zero-order valence-electron chi connectivity index (χ0n) is 19.3. The Morgan fingerprint density at radius 1 is 0.914 bits per heavy atom. The molecule has 1 heterocycles. The number of anilines is 2. The van der Waals surface area contributed by atoms with Crippen molar-refractivity contribution in [2.45, 2.75) is 13.3 Å². The van der Waals surface area contributed by atoms with Crippen LogP contribution < -0.4 is 19.7 Å². The first-order valence-electron chi connectivity index (χ1n) is 11.3. The number of hydrogen-bond donors (Lipinski definition) is 1. The maximum atomic E-state index is 12.5. The molecule has 2 amide bonds. The molecule has 0 aliphatic carbocycles. The summed E-state index contributed by atoms with van der Waals surface area (Å²) in [7, 11) is 0. The van der Waals surface area contributed by atoms with Crippen LogP contribution in [-0.4, -0.2) is 37.5 Å². The summed E-state index contributed by atoms with van der Waals surface area (Å²) >= 11 is 0. The molecule has 0 bridgehead atoms. The van der Waals surface area contributed by atoms with E-state index in [-0.39, 0.29) is 18.9 Å². The van der Waals surface area contributed by atoms with E-state index in [1.54, 1.807) is 53.4 Å². The van der Waals surface area contributed by atoms with Crippen molar-refractivity contribution in [3.63, 3.8) is 0 Å². The fraction of sp³-hybridized carbons (Fsp3) is 0.222. The van der Waals surface area contributed by atoms with Gasteiger partial charge in [0, 0.05) is 24.3 Å². The third-order valence-corrected chi connectivity index (χ3v) is 5.38. The lowest BCUT2D eigenvalue weighted by molar-refractivity contribution is -0.151. The standard InChI is InChI=1S/C27H26N2O6/c1-2-33-22-14-10-21(11-15-22)29-17-19(16-26(29)31)27(32)34-18-25(30)28-20-8-12-24(13-9-20)35-23-6-4-3-5-7-23/h3-15,19H,2,16-18H2,1H3,(H,28,30)/t19-/m0/s1. The summed E-state index contributed by atoms with van der Waals surface area (Å²) in [6.45, 7) is 2.22. The van der Waals surface area contributed by atoms with Crippen molar-refractivity contribution in [3.8, 4) is 17.2 Å². The molecule has 1 aliphatic rings. The van der Waals surface area contributed by atoms with Gasteiger partial charge in [0.2, 0.25) is 5.91 Å². The average Bonchev–Trinajstić information content (AvgIpc) is 3.27. The van der Waals surface area contributed by atoms with Crippen LogP contribution in [0, 0.1) is 5.92 Å². The molecular weight excluding hydrogens is 448 g/mol. The molecule has 3 aromatic rings. The Morgan fingerprint density at radius 2 is 1.57 bits per heavy atom. The third-order valence-electron chi connectivity index (χ3n) is 5.38. The molecule has 0 saturated carbocycles. The highest BCUT2D eigenvalue weighted by molar-refractivity contribution is 6.00. The summed E-state index contributed by atoms with van der Waals surface area (Å²) < 4.78 is 16.3. The van der Waals surface area contributed by atoms with Crippen LogP contribution in [0.2, 0.25) is 0 Å². The van der Waals surface area contributed by atoms with E-state index in [9.17, 15) is 14.4 Å². The van der Waals surface area contributed by atoms with E-state index in [0.717, 1.165) is 0 Å². The lowest BCUT2D eigenvalue weighted by atomic mass is 10.1. The van der Waals surface area contributed by atoms with Crippen molar-refractivity contribution in [1.82, 2.24) is 0 Å². The number of para-hydroxylation sites is 1. The Bertz CT molecular complexity index is 1160. The van der Waals surface area contributed by atoms with Gasteiger partial charge in [-0.15, -0.1) is 0 Å². The number of esters is 1. The molecule has 1 N–H and O–H groups in total. The fourth-order valence-corrected chi connectivity index (χ4v) is 3.69. The maximum absolute atomic E-state index is 12.5. The van der Waals surface area contributed by atoms with Crippen molar-refractivity contribution in [3.05, 3.63) is 78.9 Å². The number of nitrogens with zero attached hydrogens (tertiary/aromatic N) is 1. The van der Waals surface area contributed by atoms with Crippen LogP contribution in [0.1, 0.15) is 13.3 Å². The number of ether oxygens (including phenoxy) is 3. The van der Waals surface area contributed by atoms with E-state index in [2.05, 4.69) is 5.32 Å². The van der Waals surface area contributed by atoms with E-state index in [4.69, 9.17) is 14.2 Å². The SMILES string of the molecule is CCOc1ccc(N2C[C@@H](C(=O)OCC(=O)Nc3ccc(Oc4ccccc4)cc3)CC2=O)cc1. The van der Waals surface area contributed by atoms with Gasteiger partial charge in [-0.1, -0.05) is 18.2 Å². The number of nitrogens with one attached hydrogen (secondary N) is 1. The number of carbonyl (C=O) groups excluding carboxylic acids is 3. The predicted octanol–water partition coefficient (Wildman–Crippen LogP) is 4.41. The first kappa shape index (κ1) is 23.8. The van der Waals surface area contributed by atoms with E-state index in [1.165, 1.54) is 0 Å². The molecule has 0 unspecified atom stereocenters. The number of amides is 2. The second kappa shape index (κ2) is 11.2. The summed E-state index contributed by atoms with van der Waals surface area (Å²) in [5.41, 5.74) is 1.23. The molecule has 1 saturated heterocycles. The number of hydrogen-bond acceptors (Lipinski definition) is 6. The quantitative estimate of drug-likeness (QED) is 0.462. The minimum atomic E-state index is -0.628. The Hall–Kier alpha value is -4.33. The van der Waals surface area contributed by atoms with Crippen molar-refractivity contribution in [2.75, 3.05) is 30.0 Å². The number of benzene rings is 3. The Balaban J connectivity index is 1.24. The van der Waals surface area contributed by atoms with Crippen molar-refractivity contribution in [1.29, 1.82) is 0 Å². The lowest BCUT2D eigenvalue weighted by Crippen LogP contribution is -2.28. The third kappa shape index (κ3) is 6.38. The van der Waals surface area contributed by atoms with Crippen LogP contribution in [0.4, 0.5) is 11.4 Å². The topological polar surface area (TPSA) is 94.2 Å². The largest absolute Gasteiger partial charge is 0.494 e. The summed E-state index contributed by atoms with van der Waals surface area (Å²) in [6, 6.07) is 23.3. The van der Waals surface area contributed by atoms with Crippen LogP contribution in [0.5, 0.6) is 17.2 Å². The summed E-state index contributed by atoms with van der Waals surface area (Å²) in [6.07, 6.45) is 0.0382. The van der Waals surface area contributed by atoms with Gasteiger partial charge in [-0.2, -0.15) is 0 Å². The molecule has 180 valence electrons. The monoisotopic (exact) mass is 474 g/mol. The molecule has 4 rings (SSSR count). The highest BCUT2D eigenvalue weighted by atomic mass is 16.5. The second-order valence-electron chi connectivity index (χ2n) is 7.93. The summed E-state index contributed by atoms with van der Waals surface area (Å²) in [4.78, 5) is 38.7. The van der Waals surface area contributed by atoms with E-state index in [1.807, 2.05) is 37.3 Å². The Labute approximate surface area is 203 Å². The minimum Gasteiger partial charge on any atom is -0.494 e. The van der Waals surface area contributed by atoms with Crippen LogP contribution in [-0.2, 0) is 19.1 Å². The first-order valence-corrected chi connectivity index (χ1v) is 11.3. The van der Waals surface area contributed by atoms with Gasteiger partial charge in [0.05, 0.1) is 12.5 Å². The molecule has 8 nitrogen and oxygen atoms in total. The number of rotatable bonds is 9. The molecule has 0 spiro atoms. The molecular formula is C27H26N2O6. The average molecular weight is 475 g/mol. The Morgan fingerprint density at radius 3 is 2.26 bits per heavy atom.